The Morgan fingerprint density at radius 1 is 0.741 bits per heavy atom. The molecule has 0 bridgehead atoms. The quantitative estimate of drug-likeness (QED) is 0.679. The molecule has 2 aromatic rings. The monoisotopic (exact) mass is 386 g/mol. The summed E-state index contributed by atoms with van der Waals surface area (Å²) >= 11 is 1.62. The van der Waals surface area contributed by atoms with Crippen LogP contribution in [0.4, 0.5) is 0 Å². The van der Waals surface area contributed by atoms with Gasteiger partial charge in [-0.3, -0.25) is 4.79 Å². The highest BCUT2D eigenvalue weighted by atomic mass is 32.2. The fourth-order valence-corrected chi connectivity index (χ4v) is 6.34. The second kappa shape index (κ2) is 8.93. The van der Waals surface area contributed by atoms with Gasteiger partial charge in [-0.15, -0.1) is 0 Å². The minimum Gasteiger partial charge on any atom is -0.298 e. The summed E-state index contributed by atoms with van der Waals surface area (Å²) in [4.78, 5) is 13.3. The Morgan fingerprint density at radius 3 is 1.89 bits per heavy atom. The van der Waals surface area contributed by atoms with E-state index in [1.54, 1.807) is 11.8 Å². The molecular formula is C24H19OPS. The van der Waals surface area contributed by atoms with Gasteiger partial charge in [0, 0.05) is 10.9 Å². The second-order valence-corrected chi connectivity index (χ2v) is 9.20. The molecule has 2 aromatic carbocycles. The van der Waals surface area contributed by atoms with Crippen LogP contribution in [0, 0.1) is 61.3 Å². The summed E-state index contributed by atoms with van der Waals surface area (Å²) in [5.74, 6) is 1.73. The Balaban J connectivity index is 1.66. The van der Waals surface area contributed by atoms with Gasteiger partial charge in [-0.05, 0) is 63.3 Å². The number of ketones is 1. The number of hydrogen-bond donors (Lipinski definition) is 0. The van der Waals surface area contributed by atoms with Gasteiger partial charge in [-0.25, -0.2) is 0 Å². The van der Waals surface area contributed by atoms with Crippen LogP contribution in [-0.2, 0) is 4.79 Å². The fourth-order valence-electron chi connectivity index (χ4n) is 3.29. The van der Waals surface area contributed by atoms with Crippen LogP contribution in [0.5, 0.6) is 0 Å². The molecule has 2 saturated carbocycles. The van der Waals surface area contributed by atoms with E-state index < -0.39 is 7.92 Å². The summed E-state index contributed by atoms with van der Waals surface area (Å²) in [6.07, 6.45) is 14.0. The lowest BCUT2D eigenvalue weighted by Crippen LogP contribution is -2.27. The smallest absolute Gasteiger partial charge is 0.150 e. The molecule has 0 unspecified atom stereocenters. The lowest BCUT2D eigenvalue weighted by Gasteiger charge is -2.30. The molecule has 10 radical (unpaired) electrons. The second-order valence-electron chi connectivity index (χ2n) is 6.17. The van der Waals surface area contributed by atoms with E-state index in [1.807, 2.05) is 50.5 Å². The molecule has 0 aromatic heterocycles. The molecule has 0 amide bonds. The van der Waals surface area contributed by atoms with Crippen molar-refractivity contribution in [2.75, 3.05) is 6.26 Å². The van der Waals surface area contributed by atoms with Gasteiger partial charge in [0.1, 0.15) is 5.78 Å². The summed E-state index contributed by atoms with van der Waals surface area (Å²) in [6, 6.07) is 21.0. The first-order chi connectivity index (χ1) is 13.3. The van der Waals surface area contributed by atoms with Gasteiger partial charge in [-0.1, -0.05) is 60.7 Å². The SMILES string of the molecule is CS[C]1[CH][CH][CH][C]1C(=O)[C]1[CH][CH][CH][C]1P(c1ccccc1)c1ccccc1. The van der Waals surface area contributed by atoms with Gasteiger partial charge in [0.05, 0.1) is 11.8 Å². The van der Waals surface area contributed by atoms with Crippen molar-refractivity contribution in [3.63, 3.8) is 0 Å². The van der Waals surface area contributed by atoms with Crippen molar-refractivity contribution in [3.05, 3.63) is 122 Å². The lowest BCUT2D eigenvalue weighted by atomic mass is 9.90. The predicted octanol–water partition coefficient (Wildman–Crippen LogP) is 4.52. The van der Waals surface area contributed by atoms with Gasteiger partial charge in [0.15, 0.2) is 0 Å². The third-order valence-electron chi connectivity index (χ3n) is 4.55. The molecule has 0 aliphatic heterocycles. The van der Waals surface area contributed by atoms with E-state index in [4.69, 9.17) is 0 Å². The molecule has 4 rings (SSSR count). The van der Waals surface area contributed by atoms with E-state index in [1.165, 1.54) is 10.6 Å². The van der Waals surface area contributed by atoms with Crippen molar-refractivity contribution in [2.45, 2.75) is 0 Å². The topological polar surface area (TPSA) is 17.1 Å². The van der Waals surface area contributed by atoms with Crippen molar-refractivity contribution in [1.82, 2.24) is 0 Å². The first kappa shape index (κ1) is 19.2. The maximum atomic E-state index is 13.3. The van der Waals surface area contributed by atoms with Gasteiger partial charge in [0.25, 0.3) is 0 Å². The lowest BCUT2D eigenvalue weighted by molar-refractivity contribution is -0.114. The molecule has 3 heteroatoms. The Bertz CT molecular complexity index is 708. The summed E-state index contributed by atoms with van der Waals surface area (Å²) < 4.78 is 0. The standard InChI is InChI=1S/C24H19OPS/c1-27-23-17-9-15-21(23)24(25)20-14-8-16-22(20)26(18-10-4-2-5-11-18)19-12-6-3-7-13-19/h2-17H,1H3. The van der Waals surface area contributed by atoms with E-state index in [0.29, 0.717) is 0 Å². The highest BCUT2D eigenvalue weighted by molar-refractivity contribution is 8.01. The third kappa shape index (κ3) is 4.03. The highest BCUT2D eigenvalue weighted by Gasteiger charge is 2.46. The Morgan fingerprint density at radius 2 is 1.30 bits per heavy atom. The summed E-state index contributed by atoms with van der Waals surface area (Å²) in [7, 11) is -0.780. The molecule has 0 saturated heterocycles. The summed E-state index contributed by atoms with van der Waals surface area (Å²) in [5.41, 5.74) is 1.13. The van der Waals surface area contributed by atoms with Crippen LogP contribution in [0.15, 0.2) is 60.7 Å². The average molecular weight is 386 g/mol. The van der Waals surface area contributed by atoms with Crippen molar-refractivity contribution in [3.8, 4) is 0 Å². The van der Waals surface area contributed by atoms with E-state index >= 15 is 0 Å². The molecule has 132 valence electrons. The number of Topliss-reactive ketones (excluding diaryl/α,β-unsaturated/α-hetero) is 1. The maximum absolute atomic E-state index is 13.3. The van der Waals surface area contributed by atoms with Crippen molar-refractivity contribution < 1.29 is 4.79 Å². The maximum Gasteiger partial charge on any atom is 0.150 e. The molecule has 2 aliphatic carbocycles. The molecule has 27 heavy (non-hydrogen) atoms. The molecule has 2 aliphatic rings. The highest BCUT2D eigenvalue weighted by Crippen LogP contribution is 2.58. The zero-order chi connectivity index (χ0) is 18.6. The van der Waals surface area contributed by atoms with Crippen LogP contribution < -0.4 is 10.6 Å². The first-order valence-electron chi connectivity index (χ1n) is 8.80. The van der Waals surface area contributed by atoms with Crippen LogP contribution in [-0.4, -0.2) is 12.0 Å². The van der Waals surface area contributed by atoms with Gasteiger partial charge in [0.2, 0.25) is 0 Å². The molecule has 0 heterocycles. The van der Waals surface area contributed by atoms with Crippen LogP contribution in [0.1, 0.15) is 0 Å². The molecule has 0 spiro atoms. The van der Waals surface area contributed by atoms with Crippen molar-refractivity contribution in [2.24, 2.45) is 0 Å². The van der Waals surface area contributed by atoms with Crippen LogP contribution >= 0.6 is 19.7 Å². The zero-order valence-corrected chi connectivity index (χ0v) is 16.7. The van der Waals surface area contributed by atoms with Gasteiger partial charge >= 0.3 is 0 Å². The van der Waals surface area contributed by atoms with Crippen LogP contribution in [0.2, 0.25) is 0 Å². The molecule has 0 N–H and O–H groups in total. The largest absolute Gasteiger partial charge is 0.298 e. The predicted molar refractivity (Wildman–Crippen MR) is 116 cm³/mol. The number of thioether (sulfide) groups is 1. The summed E-state index contributed by atoms with van der Waals surface area (Å²) in [5, 5.41) is 3.55. The molecule has 0 atom stereocenters. The number of carbonyl (C=O) groups excluding carboxylic acids is 1. The summed E-state index contributed by atoms with van der Waals surface area (Å²) in [6.45, 7) is 0. The number of benzene rings is 2. The van der Waals surface area contributed by atoms with Crippen LogP contribution in [0.3, 0.4) is 0 Å². The number of carbonyl (C=O) groups is 1. The Labute approximate surface area is 169 Å². The van der Waals surface area contributed by atoms with E-state index in [2.05, 4.69) is 55.0 Å². The van der Waals surface area contributed by atoms with E-state index in [9.17, 15) is 4.79 Å². The normalized spacial score (nSPS) is 19.9. The van der Waals surface area contributed by atoms with Crippen molar-refractivity contribution >= 4 is 36.1 Å². The Kier molecular flexibility index (Phi) is 6.35. The van der Waals surface area contributed by atoms with Crippen LogP contribution in [0.25, 0.3) is 0 Å². The van der Waals surface area contributed by atoms with E-state index in [0.717, 1.165) is 22.7 Å². The Hall–Kier alpha value is -1.11. The van der Waals surface area contributed by atoms with Gasteiger partial charge in [-0.2, -0.15) is 11.8 Å². The minimum atomic E-state index is -0.780. The third-order valence-corrected chi connectivity index (χ3v) is 7.84. The van der Waals surface area contributed by atoms with E-state index in [-0.39, 0.29) is 5.78 Å². The molecule has 1 nitrogen and oxygen atoms in total. The first-order valence-corrected chi connectivity index (χ1v) is 11.4. The average Bonchev–Trinajstić information content (AvgIpc) is 3.39. The zero-order valence-electron chi connectivity index (χ0n) is 15.0. The van der Waals surface area contributed by atoms with Gasteiger partial charge < -0.3 is 0 Å². The molecule has 2 fully saturated rings. The molecular weight excluding hydrogens is 367 g/mol. The number of hydrogen-bond acceptors (Lipinski definition) is 2. The minimum absolute atomic E-state index is 0.115. The fraction of sp³-hybridized carbons (Fsp3) is 0.0417. The van der Waals surface area contributed by atoms with Crippen molar-refractivity contribution in [1.29, 1.82) is 0 Å². The number of rotatable bonds is 6.